The molecule has 0 aromatic carbocycles. The normalized spacial score (nSPS) is 11.9. The monoisotopic (exact) mass is 461 g/mol. The number of anilines is 2. The fraction of sp³-hybridized carbons (Fsp3) is 0.100. The zero-order chi connectivity index (χ0) is 23.8. The van der Waals surface area contributed by atoms with Crippen LogP contribution in [0.2, 0.25) is 0 Å². The molecular formula is C20H9F6N7. The van der Waals surface area contributed by atoms with E-state index in [1.807, 2.05) is 0 Å². The van der Waals surface area contributed by atoms with Crippen LogP contribution in [0.25, 0.3) is 22.6 Å². The Morgan fingerprint density at radius 1 is 0.818 bits per heavy atom. The van der Waals surface area contributed by atoms with Gasteiger partial charge < -0.3 is 5.32 Å². The summed E-state index contributed by atoms with van der Waals surface area (Å²) in [5.74, 6) is 0.0733. The summed E-state index contributed by atoms with van der Waals surface area (Å²) in [7, 11) is 0. The molecule has 0 bridgehead atoms. The summed E-state index contributed by atoms with van der Waals surface area (Å²) in [6, 6.07) is 6.75. The zero-order valence-corrected chi connectivity index (χ0v) is 16.1. The number of nitrogens with zero attached hydrogens (tertiary/aromatic N) is 6. The van der Waals surface area contributed by atoms with E-state index in [1.54, 1.807) is 6.07 Å². The second kappa shape index (κ2) is 7.97. The number of fused-ring (bicyclic) bond motifs is 1. The molecule has 0 radical (unpaired) electrons. The van der Waals surface area contributed by atoms with Crippen molar-refractivity contribution in [3.63, 3.8) is 0 Å². The predicted molar refractivity (Wildman–Crippen MR) is 103 cm³/mol. The Hall–Kier alpha value is -4.34. The summed E-state index contributed by atoms with van der Waals surface area (Å²) in [5.41, 5.74) is -2.76. The maximum atomic E-state index is 13.4. The minimum absolute atomic E-state index is 0.0540. The first-order chi connectivity index (χ1) is 15.6. The smallest absolute Gasteiger partial charge is 0.338 e. The Balaban J connectivity index is 1.74. The highest BCUT2D eigenvalue weighted by Gasteiger charge is 2.35. The van der Waals surface area contributed by atoms with Gasteiger partial charge in [0, 0.05) is 12.4 Å². The molecule has 4 aromatic rings. The molecule has 0 spiro atoms. The van der Waals surface area contributed by atoms with Crippen molar-refractivity contribution in [2.24, 2.45) is 0 Å². The highest BCUT2D eigenvalue weighted by molar-refractivity contribution is 5.87. The molecule has 0 aliphatic rings. The van der Waals surface area contributed by atoms with Gasteiger partial charge in [-0.2, -0.15) is 31.6 Å². The van der Waals surface area contributed by atoms with Gasteiger partial charge in [-0.25, -0.2) is 24.9 Å². The van der Waals surface area contributed by atoms with E-state index in [4.69, 9.17) is 5.26 Å². The van der Waals surface area contributed by atoms with Crippen LogP contribution in [0.15, 0.2) is 48.9 Å². The maximum absolute atomic E-state index is 13.4. The van der Waals surface area contributed by atoms with Gasteiger partial charge in [-0.1, -0.05) is 0 Å². The van der Waals surface area contributed by atoms with Crippen LogP contribution in [0.3, 0.4) is 0 Å². The third-order valence-electron chi connectivity index (χ3n) is 4.36. The lowest BCUT2D eigenvalue weighted by Crippen LogP contribution is -2.10. The van der Waals surface area contributed by atoms with E-state index in [1.165, 1.54) is 12.3 Å². The van der Waals surface area contributed by atoms with Gasteiger partial charge in [-0.05, 0) is 30.3 Å². The zero-order valence-electron chi connectivity index (χ0n) is 16.1. The number of nitrogens with one attached hydrogen (secondary N) is 1. The van der Waals surface area contributed by atoms with Gasteiger partial charge in [0.15, 0.2) is 5.65 Å². The number of rotatable bonds is 3. The molecule has 4 aromatic heterocycles. The van der Waals surface area contributed by atoms with Gasteiger partial charge in [0.2, 0.25) is 0 Å². The Kier molecular flexibility index (Phi) is 5.28. The van der Waals surface area contributed by atoms with Crippen LogP contribution in [-0.2, 0) is 12.4 Å². The molecule has 4 rings (SSSR count). The fourth-order valence-corrected chi connectivity index (χ4v) is 2.85. The van der Waals surface area contributed by atoms with Crippen LogP contribution in [0.4, 0.5) is 37.8 Å². The Labute approximate surface area is 180 Å². The molecule has 0 unspecified atom stereocenters. The number of nitriles is 1. The lowest BCUT2D eigenvalue weighted by Gasteiger charge is -2.13. The lowest BCUT2D eigenvalue weighted by atomic mass is 10.1. The van der Waals surface area contributed by atoms with E-state index >= 15 is 0 Å². The summed E-state index contributed by atoms with van der Waals surface area (Å²) < 4.78 is 78.4. The SMILES string of the molecule is N#Cc1ccc(C(F)(F)F)c(-c2cnc3c(Nc4ccc(C(F)(F)F)cn4)ccnc3n2)n1. The molecular weight excluding hydrogens is 452 g/mol. The topological polar surface area (TPSA) is 100 Å². The van der Waals surface area contributed by atoms with Crippen LogP contribution >= 0.6 is 0 Å². The van der Waals surface area contributed by atoms with Gasteiger partial charge in [0.1, 0.15) is 34.5 Å². The molecule has 166 valence electrons. The van der Waals surface area contributed by atoms with Crippen LogP contribution in [0.5, 0.6) is 0 Å². The first-order valence-corrected chi connectivity index (χ1v) is 8.97. The number of alkyl halides is 6. The van der Waals surface area contributed by atoms with Gasteiger partial charge in [0.05, 0.1) is 23.0 Å². The fourth-order valence-electron chi connectivity index (χ4n) is 2.85. The third-order valence-corrected chi connectivity index (χ3v) is 4.36. The van der Waals surface area contributed by atoms with Crippen molar-refractivity contribution in [2.45, 2.75) is 12.4 Å². The van der Waals surface area contributed by atoms with Crippen molar-refractivity contribution in [1.29, 1.82) is 5.26 Å². The third kappa shape index (κ3) is 4.49. The van der Waals surface area contributed by atoms with Gasteiger partial charge >= 0.3 is 12.4 Å². The van der Waals surface area contributed by atoms with Crippen molar-refractivity contribution in [3.8, 4) is 17.5 Å². The predicted octanol–water partition coefficient (Wildman–Crippen LogP) is 5.13. The van der Waals surface area contributed by atoms with E-state index in [-0.39, 0.29) is 34.1 Å². The maximum Gasteiger partial charge on any atom is 0.418 e. The number of pyridine rings is 3. The molecule has 0 atom stereocenters. The van der Waals surface area contributed by atoms with E-state index in [0.717, 1.165) is 30.5 Å². The van der Waals surface area contributed by atoms with E-state index in [0.29, 0.717) is 6.20 Å². The van der Waals surface area contributed by atoms with Crippen LogP contribution < -0.4 is 5.32 Å². The molecule has 0 saturated heterocycles. The molecule has 0 aliphatic carbocycles. The van der Waals surface area contributed by atoms with E-state index < -0.39 is 29.2 Å². The lowest BCUT2D eigenvalue weighted by molar-refractivity contribution is -0.138. The number of hydrogen-bond donors (Lipinski definition) is 1. The average molecular weight is 461 g/mol. The van der Waals surface area contributed by atoms with Crippen LogP contribution in [0.1, 0.15) is 16.8 Å². The molecule has 0 amide bonds. The molecule has 0 fully saturated rings. The average Bonchev–Trinajstić information content (AvgIpc) is 2.77. The standard InChI is InChI=1S/C20H9F6N7/c21-19(22,23)10-1-4-15(29-8-10)32-13-5-6-28-18-17(13)30-9-14(33-18)16-12(20(24,25)26)3-2-11(7-27)31-16/h1-6,8-9H,(H,28,29,32,33). The summed E-state index contributed by atoms with van der Waals surface area (Å²) in [6.07, 6.45) is -6.31. The summed E-state index contributed by atoms with van der Waals surface area (Å²) in [4.78, 5) is 19.6. The number of halogens is 6. The second-order valence-electron chi connectivity index (χ2n) is 6.54. The first kappa shape index (κ1) is 21.9. The van der Waals surface area contributed by atoms with Crippen molar-refractivity contribution in [1.82, 2.24) is 24.9 Å². The quantitative estimate of drug-likeness (QED) is 0.422. The van der Waals surface area contributed by atoms with Crippen molar-refractivity contribution in [2.75, 3.05) is 5.32 Å². The van der Waals surface area contributed by atoms with Gasteiger partial charge in [0.25, 0.3) is 0 Å². The summed E-state index contributed by atoms with van der Waals surface area (Å²) in [6.45, 7) is 0. The molecule has 1 N–H and O–H groups in total. The molecule has 7 nitrogen and oxygen atoms in total. The first-order valence-electron chi connectivity index (χ1n) is 8.97. The molecule has 13 heteroatoms. The van der Waals surface area contributed by atoms with Crippen LogP contribution in [0, 0.1) is 11.3 Å². The van der Waals surface area contributed by atoms with Gasteiger partial charge in [-0.15, -0.1) is 0 Å². The van der Waals surface area contributed by atoms with Crippen molar-refractivity contribution in [3.05, 3.63) is 65.7 Å². The Morgan fingerprint density at radius 3 is 2.24 bits per heavy atom. The Morgan fingerprint density at radius 2 is 1.61 bits per heavy atom. The van der Waals surface area contributed by atoms with E-state index in [2.05, 4.69) is 30.2 Å². The molecule has 0 saturated carbocycles. The van der Waals surface area contributed by atoms with Crippen molar-refractivity contribution < 1.29 is 26.3 Å². The highest BCUT2D eigenvalue weighted by Crippen LogP contribution is 2.36. The van der Waals surface area contributed by atoms with E-state index in [9.17, 15) is 26.3 Å². The number of aromatic nitrogens is 5. The minimum Gasteiger partial charge on any atom is -0.338 e. The van der Waals surface area contributed by atoms with Gasteiger partial charge in [-0.3, -0.25) is 0 Å². The molecule has 4 heterocycles. The minimum atomic E-state index is -4.75. The Bertz CT molecular complexity index is 1380. The van der Waals surface area contributed by atoms with Crippen molar-refractivity contribution >= 4 is 22.7 Å². The molecule has 33 heavy (non-hydrogen) atoms. The second-order valence-corrected chi connectivity index (χ2v) is 6.54. The highest BCUT2D eigenvalue weighted by atomic mass is 19.4. The number of hydrogen-bond acceptors (Lipinski definition) is 7. The molecule has 0 aliphatic heterocycles. The van der Waals surface area contributed by atoms with Crippen LogP contribution in [-0.4, -0.2) is 24.9 Å². The largest absolute Gasteiger partial charge is 0.418 e. The summed E-state index contributed by atoms with van der Waals surface area (Å²) >= 11 is 0. The summed E-state index contributed by atoms with van der Waals surface area (Å²) in [5, 5.41) is 11.8.